The second-order valence-electron chi connectivity index (χ2n) is 7.39. The lowest BCUT2D eigenvalue weighted by atomic mass is 10.1. The first-order chi connectivity index (χ1) is 17.7. The first-order valence-corrected chi connectivity index (χ1v) is 11.2. The number of anilines is 1. The molecule has 11 nitrogen and oxygen atoms in total. The smallest absolute Gasteiger partial charge is 0.347 e. The second-order valence-corrected chi connectivity index (χ2v) is 7.83. The monoisotopic (exact) mass is 524 g/mol. The molecule has 0 aliphatic heterocycles. The van der Waals surface area contributed by atoms with Crippen LogP contribution in [0.25, 0.3) is 0 Å². The number of hydrazone groups is 1. The molecule has 0 radical (unpaired) electrons. The molecule has 37 heavy (non-hydrogen) atoms. The topological polar surface area (TPSA) is 149 Å². The maximum Gasteiger partial charge on any atom is 0.347 e. The molecule has 0 aromatic heterocycles. The molecule has 0 fully saturated rings. The fraction of sp³-hybridized carbons (Fsp3) is 0.120. The van der Waals surface area contributed by atoms with Gasteiger partial charge in [0.15, 0.2) is 0 Å². The van der Waals surface area contributed by atoms with Crippen LogP contribution >= 0.6 is 11.6 Å². The van der Waals surface area contributed by atoms with Gasteiger partial charge in [0, 0.05) is 40.4 Å². The van der Waals surface area contributed by atoms with Gasteiger partial charge in [0.05, 0.1) is 18.2 Å². The van der Waals surface area contributed by atoms with Crippen molar-refractivity contribution in [1.82, 2.24) is 5.43 Å². The number of nitro groups is 1. The number of carbonyl (C=O) groups is 3. The van der Waals surface area contributed by atoms with Crippen molar-refractivity contribution in [3.05, 3.63) is 92.5 Å². The number of amides is 2. The number of benzene rings is 3. The number of nitrogens with one attached hydrogen (secondary N) is 2. The van der Waals surface area contributed by atoms with Crippen molar-refractivity contribution in [2.75, 3.05) is 12.4 Å². The van der Waals surface area contributed by atoms with E-state index in [9.17, 15) is 24.5 Å². The number of carbonyl (C=O) groups excluding carboxylic acids is 3. The largest absolute Gasteiger partial charge is 0.496 e. The highest BCUT2D eigenvalue weighted by atomic mass is 35.5. The van der Waals surface area contributed by atoms with Crippen LogP contribution < -0.4 is 20.2 Å². The van der Waals surface area contributed by atoms with E-state index in [0.717, 1.165) is 18.3 Å². The molecule has 0 saturated heterocycles. The fourth-order valence-corrected chi connectivity index (χ4v) is 3.19. The van der Waals surface area contributed by atoms with Gasteiger partial charge in [0.1, 0.15) is 17.1 Å². The Bertz CT molecular complexity index is 1370. The highest BCUT2D eigenvalue weighted by molar-refractivity contribution is 6.31. The van der Waals surface area contributed by atoms with Gasteiger partial charge < -0.3 is 14.8 Å². The molecule has 2 N–H and O–H groups in total. The van der Waals surface area contributed by atoms with E-state index in [1.54, 1.807) is 25.1 Å². The molecule has 190 valence electrons. The van der Waals surface area contributed by atoms with Gasteiger partial charge in [-0.05, 0) is 48.5 Å². The lowest BCUT2D eigenvalue weighted by molar-refractivity contribution is -0.384. The number of esters is 1. The van der Waals surface area contributed by atoms with Crippen LogP contribution in [0.5, 0.6) is 11.5 Å². The zero-order valence-electron chi connectivity index (χ0n) is 19.7. The van der Waals surface area contributed by atoms with E-state index in [1.165, 1.54) is 37.4 Å². The average Bonchev–Trinajstić information content (AvgIpc) is 2.89. The van der Waals surface area contributed by atoms with E-state index in [4.69, 9.17) is 21.1 Å². The number of nitro benzene ring substituents is 1. The lowest BCUT2D eigenvalue weighted by Gasteiger charge is -2.10. The summed E-state index contributed by atoms with van der Waals surface area (Å²) in [5.41, 5.74) is 2.91. The summed E-state index contributed by atoms with van der Waals surface area (Å²) in [4.78, 5) is 47.3. The fourth-order valence-electron chi connectivity index (χ4n) is 3.02. The second kappa shape index (κ2) is 12.3. The van der Waals surface area contributed by atoms with Crippen LogP contribution in [0.3, 0.4) is 0 Å². The van der Waals surface area contributed by atoms with Crippen LogP contribution in [0.2, 0.25) is 5.02 Å². The van der Waals surface area contributed by atoms with Gasteiger partial charge >= 0.3 is 5.97 Å². The minimum Gasteiger partial charge on any atom is -0.496 e. The number of halogens is 1. The molecule has 0 heterocycles. The first kappa shape index (κ1) is 26.8. The summed E-state index contributed by atoms with van der Waals surface area (Å²) in [7, 11) is 1.38. The highest BCUT2D eigenvalue weighted by Crippen LogP contribution is 2.27. The van der Waals surface area contributed by atoms with Gasteiger partial charge in [0.2, 0.25) is 5.91 Å². The van der Waals surface area contributed by atoms with Gasteiger partial charge in [-0.2, -0.15) is 5.10 Å². The predicted octanol–water partition coefficient (Wildman–Crippen LogP) is 4.59. The van der Waals surface area contributed by atoms with Gasteiger partial charge in [0.25, 0.3) is 11.6 Å². The molecule has 0 atom stereocenters. The van der Waals surface area contributed by atoms with Crippen LogP contribution in [0.1, 0.15) is 39.6 Å². The molecule has 3 aromatic carbocycles. The number of hydrogen-bond acceptors (Lipinski definition) is 8. The zero-order chi connectivity index (χ0) is 26.9. The Kier molecular flexibility index (Phi) is 8.90. The van der Waals surface area contributed by atoms with E-state index in [-0.39, 0.29) is 44.8 Å². The molecule has 0 aliphatic rings. The van der Waals surface area contributed by atoms with E-state index in [0.29, 0.717) is 12.1 Å². The number of rotatable bonds is 9. The summed E-state index contributed by atoms with van der Waals surface area (Å²) in [6.07, 6.45) is 1.43. The van der Waals surface area contributed by atoms with Crippen LogP contribution in [0.4, 0.5) is 11.4 Å². The third-order valence-corrected chi connectivity index (χ3v) is 5.15. The number of non-ortho nitro benzene ring substituents is 1. The first-order valence-electron chi connectivity index (χ1n) is 10.8. The maximum atomic E-state index is 12.8. The molecule has 12 heteroatoms. The van der Waals surface area contributed by atoms with Crippen LogP contribution in [-0.2, 0) is 4.79 Å². The summed E-state index contributed by atoms with van der Waals surface area (Å²) in [5, 5.41) is 18.0. The summed E-state index contributed by atoms with van der Waals surface area (Å²) < 4.78 is 10.6. The Morgan fingerprint density at radius 1 is 1.05 bits per heavy atom. The van der Waals surface area contributed by atoms with Crippen molar-refractivity contribution >= 4 is 47.0 Å². The van der Waals surface area contributed by atoms with Crippen LogP contribution in [0.15, 0.2) is 65.8 Å². The van der Waals surface area contributed by atoms with Gasteiger partial charge in [-0.25, -0.2) is 10.2 Å². The summed E-state index contributed by atoms with van der Waals surface area (Å²) >= 11 is 5.98. The number of nitrogens with zero attached hydrogens (tertiary/aromatic N) is 2. The molecular weight excluding hydrogens is 504 g/mol. The Balaban J connectivity index is 1.79. The Hall–Kier alpha value is -4.77. The molecule has 0 saturated carbocycles. The van der Waals surface area contributed by atoms with Crippen molar-refractivity contribution in [3.63, 3.8) is 0 Å². The van der Waals surface area contributed by atoms with Gasteiger partial charge in [-0.3, -0.25) is 19.7 Å². The van der Waals surface area contributed by atoms with Crippen molar-refractivity contribution in [2.45, 2.75) is 13.3 Å². The number of hydrogen-bond donors (Lipinski definition) is 2. The van der Waals surface area contributed by atoms with Crippen LogP contribution in [-0.4, -0.2) is 36.0 Å². The van der Waals surface area contributed by atoms with E-state index >= 15 is 0 Å². The SMILES string of the molecule is CCC(=O)Nc1ccc(C(=O)N/N=C/c2cc([N+](=O)[O-])ccc2OC(=O)c2cc(Cl)ccc2OC)cc1. The Morgan fingerprint density at radius 3 is 2.41 bits per heavy atom. The van der Waals surface area contributed by atoms with Gasteiger partial charge in [-0.15, -0.1) is 0 Å². The van der Waals surface area contributed by atoms with Crippen molar-refractivity contribution in [3.8, 4) is 11.5 Å². The average molecular weight is 525 g/mol. The minimum absolute atomic E-state index is 0.0446. The summed E-state index contributed by atoms with van der Waals surface area (Å²) in [5.74, 6) is -1.38. The van der Waals surface area contributed by atoms with Crippen molar-refractivity contribution < 1.29 is 28.8 Å². The summed E-state index contributed by atoms with van der Waals surface area (Å²) in [6, 6.07) is 14.0. The predicted molar refractivity (Wildman–Crippen MR) is 136 cm³/mol. The standard InChI is InChI=1S/C25H21ClN4O7/c1-3-23(31)28-18-7-4-15(5-8-18)24(32)29-27-14-16-12-19(30(34)35)9-11-21(16)37-25(33)20-13-17(26)6-10-22(20)36-2/h4-14H,3H2,1-2H3,(H,28,31)(H,29,32)/b27-14+. The van der Waals surface area contributed by atoms with E-state index in [1.807, 2.05) is 0 Å². The number of methoxy groups -OCH3 is 1. The normalized spacial score (nSPS) is 10.6. The third-order valence-electron chi connectivity index (χ3n) is 4.91. The Morgan fingerprint density at radius 2 is 1.76 bits per heavy atom. The zero-order valence-corrected chi connectivity index (χ0v) is 20.4. The molecule has 3 rings (SSSR count). The highest BCUT2D eigenvalue weighted by Gasteiger charge is 2.19. The lowest BCUT2D eigenvalue weighted by Crippen LogP contribution is -2.18. The summed E-state index contributed by atoms with van der Waals surface area (Å²) in [6.45, 7) is 1.72. The molecule has 3 aromatic rings. The quantitative estimate of drug-likeness (QED) is 0.137. The van der Waals surface area contributed by atoms with Crippen molar-refractivity contribution in [1.29, 1.82) is 0 Å². The minimum atomic E-state index is -0.817. The van der Waals surface area contributed by atoms with Crippen LogP contribution in [0, 0.1) is 10.1 Å². The Labute approximate surface area is 216 Å². The molecule has 0 bridgehead atoms. The molecule has 0 spiro atoms. The molecule has 0 unspecified atom stereocenters. The van der Waals surface area contributed by atoms with E-state index < -0.39 is 16.8 Å². The molecule has 0 aliphatic carbocycles. The van der Waals surface area contributed by atoms with Crippen molar-refractivity contribution in [2.24, 2.45) is 5.10 Å². The van der Waals surface area contributed by atoms with Gasteiger partial charge in [-0.1, -0.05) is 18.5 Å². The molecule has 2 amide bonds. The number of ether oxygens (including phenoxy) is 2. The third kappa shape index (κ3) is 7.12. The molecular formula is C25H21ClN4O7. The van der Waals surface area contributed by atoms with E-state index in [2.05, 4.69) is 15.8 Å². The maximum absolute atomic E-state index is 12.8.